The monoisotopic (exact) mass is 402 g/mol. The zero-order chi connectivity index (χ0) is 20.7. The van der Waals surface area contributed by atoms with E-state index in [1.807, 2.05) is 31.2 Å². The number of aromatic nitrogens is 2. The minimum atomic E-state index is -0.812. The summed E-state index contributed by atoms with van der Waals surface area (Å²) in [6.45, 7) is 2.38. The summed E-state index contributed by atoms with van der Waals surface area (Å²) in [4.78, 5) is 20.0. The maximum absolute atomic E-state index is 11.0. The van der Waals surface area contributed by atoms with Gasteiger partial charge in [0.05, 0.1) is 24.4 Å². The van der Waals surface area contributed by atoms with Crippen molar-refractivity contribution in [1.82, 2.24) is 9.97 Å². The van der Waals surface area contributed by atoms with Crippen molar-refractivity contribution in [3.05, 3.63) is 71.2 Å². The minimum Gasteiger partial charge on any atom is -0.492 e. The highest BCUT2D eigenvalue weighted by Gasteiger charge is 2.29. The van der Waals surface area contributed by atoms with Gasteiger partial charge in [-0.3, -0.25) is 14.8 Å². The summed E-state index contributed by atoms with van der Waals surface area (Å²) in [6.07, 6.45) is 5.30. The highest BCUT2D eigenvalue weighted by Crippen LogP contribution is 2.42. The van der Waals surface area contributed by atoms with E-state index < -0.39 is 5.97 Å². The fraction of sp³-hybridized carbons (Fsp3) is 0.292. The molecule has 6 nitrogen and oxygen atoms in total. The van der Waals surface area contributed by atoms with Gasteiger partial charge in [-0.1, -0.05) is 24.3 Å². The predicted octanol–water partition coefficient (Wildman–Crippen LogP) is 4.47. The van der Waals surface area contributed by atoms with Gasteiger partial charge in [-0.15, -0.1) is 0 Å². The zero-order valence-corrected chi connectivity index (χ0v) is 16.7. The molecule has 5 rings (SSSR count). The number of carboxylic acids is 1. The summed E-state index contributed by atoms with van der Waals surface area (Å²) in [5, 5.41) is 9.07. The van der Waals surface area contributed by atoms with Crippen LogP contribution in [0.4, 0.5) is 0 Å². The van der Waals surface area contributed by atoms with E-state index >= 15 is 0 Å². The van der Waals surface area contributed by atoms with Crippen LogP contribution in [0, 0.1) is 6.92 Å². The smallest absolute Gasteiger partial charge is 0.304 e. The van der Waals surface area contributed by atoms with Gasteiger partial charge in [-0.05, 0) is 37.0 Å². The van der Waals surface area contributed by atoms with Crippen LogP contribution in [0.5, 0.6) is 11.5 Å². The summed E-state index contributed by atoms with van der Waals surface area (Å²) in [6, 6.07) is 12.0. The summed E-state index contributed by atoms with van der Waals surface area (Å²) < 4.78 is 12.1. The van der Waals surface area contributed by atoms with Crippen molar-refractivity contribution in [2.45, 2.75) is 38.2 Å². The minimum absolute atomic E-state index is 0.0359. The zero-order valence-electron chi connectivity index (χ0n) is 16.7. The van der Waals surface area contributed by atoms with Gasteiger partial charge in [0.2, 0.25) is 0 Å². The maximum Gasteiger partial charge on any atom is 0.304 e. The summed E-state index contributed by atoms with van der Waals surface area (Å²) >= 11 is 0. The van der Waals surface area contributed by atoms with Crippen molar-refractivity contribution in [1.29, 1.82) is 0 Å². The molecule has 0 amide bonds. The molecular weight excluding hydrogens is 380 g/mol. The van der Waals surface area contributed by atoms with Gasteiger partial charge < -0.3 is 14.6 Å². The maximum atomic E-state index is 11.0. The van der Waals surface area contributed by atoms with Crippen LogP contribution in [0.1, 0.15) is 47.2 Å². The van der Waals surface area contributed by atoms with Gasteiger partial charge in [0.15, 0.2) is 0 Å². The molecule has 0 fully saturated rings. The number of nitrogens with zero attached hydrogens (tertiary/aromatic N) is 2. The molecule has 1 aliphatic heterocycles. The number of fused-ring (bicyclic) bond motifs is 2. The number of ether oxygens (including phenoxy) is 2. The normalized spacial score (nSPS) is 19.1. The highest BCUT2D eigenvalue weighted by molar-refractivity contribution is 5.69. The number of benzene rings is 2. The molecule has 152 valence electrons. The van der Waals surface area contributed by atoms with Gasteiger partial charge in [-0.2, -0.15) is 0 Å². The molecule has 1 aromatic heterocycles. The lowest BCUT2D eigenvalue weighted by atomic mass is 9.98. The van der Waals surface area contributed by atoms with Crippen LogP contribution >= 0.6 is 0 Å². The molecule has 0 saturated carbocycles. The van der Waals surface area contributed by atoms with Crippen molar-refractivity contribution in [3.63, 3.8) is 0 Å². The van der Waals surface area contributed by atoms with E-state index in [2.05, 4.69) is 22.1 Å². The average Bonchev–Trinajstić information content (AvgIpc) is 3.32. The van der Waals surface area contributed by atoms with E-state index in [0.29, 0.717) is 6.61 Å². The van der Waals surface area contributed by atoms with E-state index in [9.17, 15) is 4.79 Å². The topological polar surface area (TPSA) is 81.5 Å². The molecule has 0 spiro atoms. The van der Waals surface area contributed by atoms with Crippen LogP contribution in [0.25, 0.3) is 11.3 Å². The van der Waals surface area contributed by atoms with Gasteiger partial charge in [0.1, 0.15) is 17.6 Å². The number of aryl methyl sites for hydroxylation is 1. The number of carboxylic acid groups (broad SMARTS) is 1. The van der Waals surface area contributed by atoms with Crippen molar-refractivity contribution in [2.75, 3.05) is 6.61 Å². The second-order valence-corrected chi connectivity index (χ2v) is 7.81. The van der Waals surface area contributed by atoms with Crippen LogP contribution < -0.4 is 9.47 Å². The summed E-state index contributed by atoms with van der Waals surface area (Å²) in [5.74, 6) is 0.551. The highest BCUT2D eigenvalue weighted by atomic mass is 16.5. The Morgan fingerprint density at radius 1 is 1.20 bits per heavy atom. The Bertz CT molecular complexity index is 1130. The molecule has 0 bridgehead atoms. The molecule has 0 saturated heterocycles. The second-order valence-electron chi connectivity index (χ2n) is 7.81. The molecule has 0 radical (unpaired) electrons. The van der Waals surface area contributed by atoms with Crippen molar-refractivity contribution in [2.24, 2.45) is 0 Å². The molecule has 0 unspecified atom stereocenters. The molecule has 1 aliphatic carbocycles. The number of aliphatic carboxylic acids is 1. The summed E-state index contributed by atoms with van der Waals surface area (Å²) in [7, 11) is 0. The first-order valence-electron chi connectivity index (χ1n) is 10.1. The molecule has 1 N–H and O–H groups in total. The third-order valence-electron chi connectivity index (χ3n) is 5.92. The fourth-order valence-corrected chi connectivity index (χ4v) is 4.51. The lowest BCUT2D eigenvalue weighted by Gasteiger charge is -2.16. The first-order valence-corrected chi connectivity index (χ1v) is 10.1. The first kappa shape index (κ1) is 18.6. The Kier molecular flexibility index (Phi) is 4.62. The number of hydrogen-bond donors (Lipinski definition) is 1. The largest absolute Gasteiger partial charge is 0.492 e. The molecule has 3 aromatic rings. The van der Waals surface area contributed by atoms with E-state index in [-0.39, 0.29) is 18.4 Å². The van der Waals surface area contributed by atoms with E-state index in [0.717, 1.165) is 46.9 Å². The molecule has 6 heteroatoms. The van der Waals surface area contributed by atoms with Crippen LogP contribution in [-0.2, 0) is 11.2 Å². The second kappa shape index (κ2) is 7.44. The average molecular weight is 402 g/mol. The summed E-state index contributed by atoms with van der Waals surface area (Å²) in [5.41, 5.74) is 6.36. The Labute approximate surface area is 174 Å². The quantitative estimate of drug-likeness (QED) is 0.678. The Morgan fingerprint density at radius 3 is 2.90 bits per heavy atom. The van der Waals surface area contributed by atoms with E-state index in [1.165, 1.54) is 11.1 Å². The van der Waals surface area contributed by atoms with Crippen LogP contribution in [0.3, 0.4) is 0 Å². The molecule has 2 heterocycles. The molecule has 2 aromatic carbocycles. The molecule has 2 aliphatic rings. The van der Waals surface area contributed by atoms with Crippen LogP contribution in [0.2, 0.25) is 0 Å². The SMILES string of the molecule is Cc1nccnc1-c1cccc2c1CC[C@H]2Oc1ccc2c(c1)OC[C@H]2CC(=O)O. The predicted molar refractivity (Wildman–Crippen MR) is 111 cm³/mol. The molecule has 2 atom stereocenters. The molecule has 30 heavy (non-hydrogen) atoms. The van der Waals surface area contributed by atoms with Gasteiger partial charge in [0.25, 0.3) is 0 Å². The van der Waals surface area contributed by atoms with Gasteiger partial charge in [0, 0.05) is 35.5 Å². The number of carbonyl (C=O) groups is 1. The van der Waals surface area contributed by atoms with Gasteiger partial charge in [-0.25, -0.2) is 0 Å². The Balaban J connectivity index is 1.40. The standard InChI is InChI=1S/C24H22N2O4/c1-14-24(26-10-9-25-14)20-4-2-3-19-18(20)7-8-21(19)30-16-5-6-17-15(11-23(27)28)13-29-22(17)12-16/h2-6,9-10,12,15,21H,7-8,11,13H2,1H3,(H,27,28)/t15-,21-/m1/s1. The van der Waals surface area contributed by atoms with Crippen molar-refractivity contribution in [3.8, 4) is 22.8 Å². The Hall–Kier alpha value is -3.41. The third kappa shape index (κ3) is 3.28. The van der Waals surface area contributed by atoms with Crippen LogP contribution in [-0.4, -0.2) is 27.7 Å². The lowest BCUT2D eigenvalue weighted by molar-refractivity contribution is -0.137. The van der Waals surface area contributed by atoms with Gasteiger partial charge >= 0.3 is 5.97 Å². The van der Waals surface area contributed by atoms with E-state index in [4.69, 9.17) is 14.6 Å². The Morgan fingerprint density at radius 2 is 2.07 bits per heavy atom. The number of rotatable bonds is 5. The number of hydrogen-bond acceptors (Lipinski definition) is 5. The van der Waals surface area contributed by atoms with Crippen molar-refractivity contribution < 1.29 is 19.4 Å². The fourth-order valence-electron chi connectivity index (χ4n) is 4.51. The molecular formula is C24H22N2O4. The first-order chi connectivity index (χ1) is 14.6. The van der Waals surface area contributed by atoms with Crippen molar-refractivity contribution >= 4 is 5.97 Å². The van der Waals surface area contributed by atoms with Crippen LogP contribution in [0.15, 0.2) is 48.8 Å². The lowest BCUT2D eigenvalue weighted by Crippen LogP contribution is -2.07. The third-order valence-corrected chi connectivity index (χ3v) is 5.92. The van der Waals surface area contributed by atoms with E-state index in [1.54, 1.807) is 12.4 Å².